The molecule has 1 saturated carbocycles. The average Bonchev–Trinajstić information content (AvgIpc) is 3.22. The third kappa shape index (κ3) is 3.57. The van der Waals surface area contributed by atoms with Gasteiger partial charge in [-0.1, -0.05) is 5.16 Å². The van der Waals surface area contributed by atoms with E-state index in [0.29, 0.717) is 5.69 Å². The number of amidine groups is 1. The maximum Gasteiger partial charge on any atom is 0.319 e. The molecule has 1 aliphatic carbocycles. The second-order valence-electron chi connectivity index (χ2n) is 4.45. The Labute approximate surface area is 109 Å². The number of carbonyl (C=O) groups excluding carboxylic acids is 1. The molecule has 1 aliphatic rings. The van der Waals surface area contributed by atoms with Gasteiger partial charge in [0, 0.05) is 5.69 Å². The predicted octanol–water partition coefficient (Wildman–Crippen LogP) is 1.47. The van der Waals surface area contributed by atoms with Crippen molar-refractivity contribution in [3.8, 4) is 0 Å². The molecule has 6 nitrogen and oxygen atoms in total. The molecule has 1 aromatic carbocycles. The first-order valence-electron chi connectivity index (χ1n) is 5.90. The smallest absolute Gasteiger partial charge is 0.319 e. The highest BCUT2D eigenvalue weighted by Crippen LogP contribution is 2.32. The first-order chi connectivity index (χ1) is 9.10. The van der Waals surface area contributed by atoms with E-state index in [0.717, 1.165) is 12.8 Å². The van der Waals surface area contributed by atoms with E-state index in [1.807, 2.05) is 0 Å². The molecule has 0 saturated heterocycles. The SMILES string of the molecule is NC(=NO)C(NC(=O)Nc1ccc(F)cc1)C1CC1. The summed E-state index contributed by atoms with van der Waals surface area (Å²) in [6, 6.07) is 4.44. The fourth-order valence-electron chi connectivity index (χ4n) is 1.77. The lowest BCUT2D eigenvalue weighted by atomic mass is 10.2. The molecule has 0 aliphatic heterocycles. The molecule has 0 radical (unpaired) electrons. The molecule has 1 fully saturated rings. The van der Waals surface area contributed by atoms with Crippen LogP contribution in [0.25, 0.3) is 0 Å². The third-order valence-corrected chi connectivity index (χ3v) is 2.92. The van der Waals surface area contributed by atoms with Gasteiger partial charge in [0.2, 0.25) is 0 Å². The summed E-state index contributed by atoms with van der Waals surface area (Å²) in [7, 11) is 0. The molecule has 1 unspecified atom stereocenters. The van der Waals surface area contributed by atoms with Crippen LogP contribution in [0.15, 0.2) is 29.4 Å². The number of hydrogen-bond donors (Lipinski definition) is 4. The zero-order valence-electron chi connectivity index (χ0n) is 10.1. The topological polar surface area (TPSA) is 99.7 Å². The van der Waals surface area contributed by atoms with Crippen LogP contribution in [0.4, 0.5) is 14.9 Å². The van der Waals surface area contributed by atoms with Crippen molar-refractivity contribution in [3.05, 3.63) is 30.1 Å². The maximum atomic E-state index is 12.7. The lowest BCUT2D eigenvalue weighted by Gasteiger charge is -2.17. The first kappa shape index (κ1) is 13.1. The van der Waals surface area contributed by atoms with Gasteiger partial charge in [0.25, 0.3) is 0 Å². The average molecular weight is 266 g/mol. The highest BCUT2D eigenvalue weighted by atomic mass is 19.1. The number of urea groups is 1. The first-order valence-corrected chi connectivity index (χ1v) is 5.90. The van der Waals surface area contributed by atoms with E-state index in [2.05, 4.69) is 15.8 Å². The summed E-state index contributed by atoms with van der Waals surface area (Å²) in [4.78, 5) is 11.8. The van der Waals surface area contributed by atoms with Crippen LogP contribution in [-0.2, 0) is 0 Å². The molecule has 0 heterocycles. The standard InChI is InChI=1S/C12H15FN4O2/c13-8-3-5-9(6-4-8)15-12(18)16-10(7-1-2-7)11(14)17-19/h3-7,10,19H,1-2H2,(H2,14,17)(H2,15,16,18). The Kier molecular flexibility index (Phi) is 3.84. The maximum absolute atomic E-state index is 12.7. The van der Waals surface area contributed by atoms with Crippen LogP contribution in [0.1, 0.15) is 12.8 Å². The Bertz CT molecular complexity index is 485. The number of halogens is 1. The Morgan fingerprint density at radius 3 is 2.58 bits per heavy atom. The highest BCUT2D eigenvalue weighted by Gasteiger charge is 2.35. The minimum absolute atomic E-state index is 0.0169. The van der Waals surface area contributed by atoms with Crippen LogP contribution in [-0.4, -0.2) is 23.1 Å². The number of hydrogen-bond acceptors (Lipinski definition) is 3. The van der Waals surface area contributed by atoms with E-state index >= 15 is 0 Å². The van der Waals surface area contributed by atoms with Crippen molar-refractivity contribution in [1.29, 1.82) is 0 Å². The molecule has 2 amide bonds. The van der Waals surface area contributed by atoms with Gasteiger partial charge < -0.3 is 21.6 Å². The lowest BCUT2D eigenvalue weighted by Crippen LogP contribution is -2.47. The molecule has 0 spiro atoms. The quantitative estimate of drug-likeness (QED) is 0.287. The van der Waals surface area contributed by atoms with E-state index in [-0.39, 0.29) is 17.6 Å². The van der Waals surface area contributed by atoms with E-state index in [4.69, 9.17) is 10.9 Å². The zero-order valence-corrected chi connectivity index (χ0v) is 10.1. The number of rotatable bonds is 4. The number of nitrogens with two attached hydrogens (primary N) is 1. The molecule has 2 rings (SSSR count). The summed E-state index contributed by atoms with van der Waals surface area (Å²) in [5.41, 5.74) is 5.99. The largest absolute Gasteiger partial charge is 0.409 e. The van der Waals surface area contributed by atoms with Gasteiger partial charge in [-0.3, -0.25) is 0 Å². The van der Waals surface area contributed by atoms with Crippen LogP contribution in [0.2, 0.25) is 0 Å². The molecule has 5 N–H and O–H groups in total. The molecular weight excluding hydrogens is 251 g/mol. The predicted molar refractivity (Wildman–Crippen MR) is 68.5 cm³/mol. The van der Waals surface area contributed by atoms with Crippen LogP contribution >= 0.6 is 0 Å². The Morgan fingerprint density at radius 2 is 2.05 bits per heavy atom. The molecule has 7 heteroatoms. The molecule has 19 heavy (non-hydrogen) atoms. The summed E-state index contributed by atoms with van der Waals surface area (Å²) >= 11 is 0. The lowest BCUT2D eigenvalue weighted by molar-refractivity contribution is 0.249. The second-order valence-corrected chi connectivity index (χ2v) is 4.45. The van der Waals surface area contributed by atoms with Crippen molar-refractivity contribution in [2.45, 2.75) is 18.9 Å². The monoisotopic (exact) mass is 266 g/mol. The minimum Gasteiger partial charge on any atom is -0.409 e. The summed E-state index contributed by atoms with van der Waals surface area (Å²) in [5.74, 6) is -0.190. The van der Waals surface area contributed by atoms with Crippen LogP contribution in [0, 0.1) is 11.7 Å². The fourth-order valence-corrected chi connectivity index (χ4v) is 1.77. The van der Waals surface area contributed by atoms with E-state index < -0.39 is 12.1 Å². The number of benzene rings is 1. The van der Waals surface area contributed by atoms with Crippen molar-refractivity contribution in [2.75, 3.05) is 5.32 Å². The molecule has 0 aromatic heterocycles. The Balaban J connectivity index is 1.94. The highest BCUT2D eigenvalue weighted by molar-refractivity contribution is 5.95. The number of anilines is 1. The van der Waals surface area contributed by atoms with Crippen molar-refractivity contribution in [3.63, 3.8) is 0 Å². The van der Waals surface area contributed by atoms with Crippen molar-refractivity contribution in [2.24, 2.45) is 16.8 Å². The van der Waals surface area contributed by atoms with Gasteiger partial charge in [0.15, 0.2) is 5.84 Å². The second kappa shape index (κ2) is 5.55. The summed E-state index contributed by atoms with van der Waals surface area (Å²) < 4.78 is 12.7. The summed E-state index contributed by atoms with van der Waals surface area (Å²) in [6.07, 6.45) is 1.86. The molecule has 1 atom stereocenters. The normalized spacial score (nSPS) is 16.8. The molecular formula is C12H15FN4O2. The number of amides is 2. The van der Waals surface area contributed by atoms with Crippen molar-refractivity contribution < 1.29 is 14.4 Å². The molecule has 102 valence electrons. The van der Waals surface area contributed by atoms with E-state index in [1.54, 1.807) is 0 Å². The van der Waals surface area contributed by atoms with Gasteiger partial charge in [-0.2, -0.15) is 0 Å². The number of nitrogens with one attached hydrogen (secondary N) is 2. The Hall–Kier alpha value is -2.31. The van der Waals surface area contributed by atoms with Gasteiger partial charge in [0.05, 0.1) is 6.04 Å². The number of oxime groups is 1. The van der Waals surface area contributed by atoms with Crippen molar-refractivity contribution >= 4 is 17.6 Å². The third-order valence-electron chi connectivity index (χ3n) is 2.92. The van der Waals surface area contributed by atoms with Gasteiger partial charge in [-0.15, -0.1) is 0 Å². The van der Waals surface area contributed by atoms with E-state index in [9.17, 15) is 9.18 Å². The molecule has 1 aromatic rings. The number of carbonyl (C=O) groups is 1. The van der Waals surface area contributed by atoms with Crippen LogP contribution in [0.5, 0.6) is 0 Å². The van der Waals surface area contributed by atoms with Gasteiger partial charge in [-0.25, -0.2) is 9.18 Å². The minimum atomic E-state index is -0.481. The molecule has 0 bridgehead atoms. The Morgan fingerprint density at radius 1 is 1.42 bits per heavy atom. The van der Waals surface area contributed by atoms with Crippen LogP contribution in [0.3, 0.4) is 0 Å². The van der Waals surface area contributed by atoms with Gasteiger partial charge >= 0.3 is 6.03 Å². The van der Waals surface area contributed by atoms with Crippen LogP contribution < -0.4 is 16.4 Å². The summed E-state index contributed by atoms with van der Waals surface area (Å²) in [5, 5.41) is 16.8. The van der Waals surface area contributed by atoms with Gasteiger partial charge in [-0.05, 0) is 43.0 Å². The van der Waals surface area contributed by atoms with Crippen molar-refractivity contribution in [1.82, 2.24) is 5.32 Å². The number of nitrogens with zero attached hydrogens (tertiary/aromatic N) is 1. The van der Waals surface area contributed by atoms with Gasteiger partial charge in [0.1, 0.15) is 5.82 Å². The summed E-state index contributed by atoms with van der Waals surface area (Å²) in [6.45, 7) is 0. The van der Waals surface area contributed by atoms with E-state index in [1.165, 1.54) is 24.3 Å². The fraction of sp³-hybridized carbons (Fsp3) is 0.333. The zero-order chi connectivity index (χ0) is 13.8.